The van der Waals surface area contributed by atoms with Gasteiger partial charge in [-0.15, -0.1) is 0 Å². The quantitative estimate of drug-likeness (QED) is 0.911. The number of rotatable bonds is 2. The first kappa shape index (κ1) is 13.7. The number of hydrogen-bond acceptors (Lipinski definition) is 5. The van der Waals surface area contributed by atoms with E-state index in [1.54, 1.807) is 6.20 Å². The zero-order chi connectivity index (χ0) is 14.2. The van der Waals surface area contributed by atoms with E-state index in [-0.39, 0.29) is 11.5 Å². The fourth-order valence-electron chi connectivity index (χ4n) is 2.63. The van der Waals surface area contributed by atoms with Gasteiger partial charge in [-0.2, -0.15) is 4.98 Å². The summed E-state index contributed by atoms with van der Waals surface area (Å²) < 4.78 is 6.33. The standard InChI is InChI=1S/C14H17BrN4O/c1-14(2)6-4-8-17-11(14)13-18-12(19-20-13)10-9(15)5-3-7-16-10/h3,5,7,11,17H,4,6,8H2,1-2H3. The van der Waals surface area contributed by atoms with Crippen molar-refractivity contribution in [1.29, 1.82) is 0 Å². The number of aromatic nitrogens is 3. The minimum Gasteiger partial charge on any atom is -0.337 e. The van der Waals surface area contributed by atoms with Crippen LogP contribution in [0.3, 0.4) is 0 Å². The van der Waals surface area contributed by atoms with Gasteiger partial charge in [0.25, 0.3) is 0 Å². The molecule has 0 saturated carbocycles. The molecule has 1 saturated heterocycles. The maximum atomic E-state index is 5.46. The highest BCUT2D eigenvalue weighted by Crippen LogP contribution is 2.39. The van der Waals surface area contributed by atoms with E-state index in [9.17, 15) is 0 Å². The molecule has 2 aromatic heterocycles. The lowest BCUT2D eigenvalue weighted by atomic mass is 9.77. The summed E-state index contributed by atoms with van der Waals surface area (Å²) in [5.74, 6) is 1.16. The third kappa shape index (κ3) is 2.50. The molecule has 1 unspecified atom stereocenters. The largest absolute Gasteiger partial charge is 0.337 e. The third-order valence-electron chi connectivity index (χ3n) is 3.79. The first-order valence-electron chi connectivity index (χ1n) is 6.76. The smallest absolute Gasteiger partial charge is 0.244 e. The Morgan fingerprint density at radius 2 is 2.30 bits per heavy atom. The highest BCUT2D eigenvalue weighted by atomic mass is 79.9. The molecule has 2 aromatic rings. The van der Waals surface area contributed by atoms with Crippen LogP contribution in [0.1, 0.15) is 38.6 Å². The Bertz CT molecular complexity index is 611. The SMILES string of the molecule is CC1(C)CCCNC1c1nc(-c2ncccc2Br)no1. The van der Waals surface area contributed by atoms with Crippen LogP contribution in [0.4, 0.5) is 0 Å². The zero-order valence-corrected chi connectivity index (χ0v) is 13.1. The summed E-state index contributed by atoms with van der Waals surface area (Å²) in [5, 5.41) is 7.55. The normalized spacial score (nSPS) is 21.9. The van der Waals surface area contributed by atoms with Crippen LogP contribution in [0, 0.1) is 5.41 Å². The van der Waals surface area contributed by atoms with Crippen LogP contribution in [0.25, 0.3) is 11.5 Å². The van der Waals surface area contributed by atoms with Gasteiger partial charge in [0.2, 0.25) is 11.7 Å². The lowest BCUT2D eigenvalue weighted by molar-refractivity contribution is 0.146. The van der Waals surface area contributed by atoms with E-state index in [4.69, 9.17) is 4.52 Å². The molecule has 0 radical (unpaired) electrons. The summed E-state index contributed by atoms with van der Waals surface area (Å²) in [5.41, 5.74) is 0.819. The summed E-state index contributed by atoms with van der Waals surface area (Å²) in [6, 6.07) is 3.88. The van der Waals surface area contributed by atoms with Gasteiger partial charge in [-0.3, -0.25) is 4.98 Å². The van der Waals surface area contributed by atoms with E-state index in [1.807, 2.05) is 12.1 Å². The fourth-order valence-corrected chi connectivity index (χ4v) is 3.06. The summed E-state index contributed by atoms with van der Waals surface area (Å²) in [7, 11) is 0. The number of piperidine rings is 1. The topological polar surface area (TPSA) is 63.8 Å². The van der Waals surface area contributed by atoms with Gasteiger partial charge in [0.1, 0.15) is 5.69 Å². The van der Waals surface area contributed by atoms with E-state index < -0.39 is 0 Å². The fraction of sp³-hybridized carbons (Fsp3) is 0.500. The van der Waals surface area contributed by atoms with E-state index in [0.29, 0.717) is 17.4 Å². The van der Waals surface area contributed by atoms with Gasteiger partial charge < -0.3 is 9.84 Å². The Morgan fingerprint density at radius 1 is 1.45 bits per heavy atom. The van der Waals surface area contributed by atoms with Gasteiger partial charge in [0.15, 0.2) is 0 Å². The highest BCUT2D eigenvalue weighted by Gasteiger charge is 2.37. The van der Waals surface area contributed by atoms with Crippen molar-refractivity contribution >= 4 is 15.9 Å². The third-order valence-corrected chi connectivity index (χ3v) is 4.43. The number of hydrogen-bond donors (Lipinski definition) is 1. The molecule has 1 aliphatic heterocycles. The van der Waals surface area contributed by atoms with Crippen molar-refractivity contribution in [2.24, 2.45) is 5.41 Å². The molecule has 1 atom stereocenters. The molecule has 5 nitrogen and oxygen atoms in total. The van der Waals surface area contributed by atoms with Crippen LogP contribution in [-0.4, -0.2) is 21.7 Å². The molecular weight excluding hydrogens is 320 g/mol. The molecule has 0 spiro atoms. The molecule has 1 N–H and O–H groups in total. The van der Waals surface area contributed by atoms with Gasteiger partial charge >= 0.3 is 0 Å². The first-order valence-corrected chi connectivity index (χ1v) is 7.55. The van der Waals surface area contributed by atoms with E-state index >= 15 is 0 Å². The number of halogens is 1. The van der Waals surface area contributed by atoms with E-state index in [2.05, 4.69) is 50.2 Å². The Kier molecular flexibility index (Phi) is 3.60. The summed E-state index contributed by atoms with van der Waals surface area (Å²) >= 11 is 3.46. The molecule has 0 bridgehead atoms. The second kappa shape index (κ2) is 5.26. The summed E-state index contributed by atoms with van der Waals surface area (Å²) in [6.07, 6.45) is 4.05. The molecular formula is C14H17BrN4O. The molecule has 1 fully saturated rings. The van der Waals surface area contributed by atoms with E-state index in [1.165, 1.54) is 6.42 Å². The average Bonchev–Trinajstić information content (AvgIpc) is 2.88. The maximum absolute atomic E-state index is 5.46. The lowest BCUT2D eigenvalue weighted by Crippen LogP contribution is -2.39. The molecule has 0 aromatic carbocycles. The Hall–Kier alpha value is -1.27. The molecule has 20 heavy (non-hydrogen) atoms. The van der Waals surface area contributed by atoms with Gasteiger partial charge in [-0.05, 0) is 52.9 Å². The van der Waals surface area contributed by atoms with Gasteiger partial charge in [0, 0.05) is 10.7 Å². The van der Waals surface area contributed by atoms with Crippen molar-refractivity contribution in [1.82, 2.24) is 20.4 Å². The number of pyridine rings is 1. The van der Waals surface area contributed by atoms with Gasteiger partial charge in [0.05, 0.1) is 6.04 Å². The van der Waals surface area contributed by atoms with Crippen molar-refractivity contribution in [3.05, 3.63) is 28.7 Å². The highest BCUT2D eigenvalue weighted by molar-refractivity contribution is 9.10. The van der Waals surface area contributed by atoms with Crippen molar-refractivity contribution < 1.29 is 4.52 Å². The van der Waals surface area contributed by atoms with Crippen molar-refractivity contribution in [2.45, 2.75) is 32.7 Å². The number of nitrogens with zero attached hydrogens (tertiary/aromatic N) is 3. The van der Waals surface area contributed by atoms with Crippen LogP contribution >= 0.6 is 15.9 Å². The minimum atomic E-state index is 0.0972. The van der Waals surface area contributed by atoms with Crippen LogP contribution in [0.15, 0.2) is 27.3 Å². The summed E-state index contributed by atoms with van der Waals surface area (Å²) in [4.78, 5) is 8.82. The van der Waals surface area contributed by atoms with Crippen molar-refractivity contribution in [3.63, 3.8) is 0 Å². The number of nitrogens with one attached hydrogen (secondary N) is 1. The van der Waals surface area contributed by atoms with Gasteiger partial charge in [-0.1, -0.05) is 19.0 Å². The second-order valence-corrected chi connectivity index (χ2v) is 6.62. The maximum Gasteiger partial charge on any atom is 0.244 e. The first-order chi connectivity index (χ1) is 9.58. The predicted molar refractivity (Wildman–Crippen MR) is 79.0 cm³/mol. The van der Waals surface area contributed by atoms with E-state index in [0.717, 1.165) is 17.4 Å². The van der Waals surface area contributed by atoms with Crippen LogP contribution in [0.2, 0.25) is 0 Å². The minimum absolute atomic E-state index is 0.0972. The molecule has 3 heterocycles. The average molecular weight is 337 g/mol. The summed E-state index contributed by atoms with van der Waals surface area (Å²) in [6.45, 7) is 5.44. The molecule has 106 valence electrons. The van der Waals surface area contributed by atoms with Crippen molar-refractivity contribution in [3.8, 4) is 11.5 Å². The molecule has 6 heteroatoms. The molecule has 3 rings (SSSR count). The lowest BCUT2D eigenvalue weighted by Gasteiger charge is -2.36. The Balaban J connectivity index is 1.92. The Labute approximate surface area is 126 Å². The monoisotopic (exact) mass is 336 g/mol. The molecule has 1 aliphatic rings. The Morgan fingerprint density at radius 3 is 3.05 bits per heavy atom. The van der Waals surface area contributed by atoms with Crippen LogP contribution < -0.4 is 5.32 Å². The van der Waals surface area contributed by atoms with Crippen LogP contribution in [0.5, 0.6) is 0 Å². The zero-order valence-electron chi connectivity index (χ0n) is 11.6. The van der Waals surface area contributed by atoms with Crippen molar-refractivity contribution in [2.75, 3.05) is 6.54 Å². The van der Waals surface area contributed by atoms with Crippen LogP contribution in [-0.2, 0) is 0 Å². The molecule has 0 aliphatic carbocycles. The molecule has 0 amide bonds. The second-order valence-electron chi connectivity index (χ2n) is 5.77. The van der Waals surface area contributed by atoms with Gasteiger partial charge in [-0.25, -0.2) is 0 Å². The predicted octanol–water partition coefficient (Wildman–Crippen LogP) is 3.34.